The van der Waals surface area contributed by atoms with Crippen molar-refractivity contribution < 1.29 is 14.3 Å². The van der Waals surface area contributed by atoms with Crippen LogP contribution in [-0.2, 0) is 9.53 Å². The van der Waals surface area contributed by atoms with Crippen LogP contribution in [0.5, 0.6) is 0 Å². The van der Waals surface area contributed by atoms with Gasteiger partial charge in [-0.25, -0.2) is 9.78 Å². The molecule has 5 nitrogen and oxygen atoms in total. The van der Waals surface area contributed by atoms with E-state index in [1.165, 1.54) is 26.3 Å². The minimum Gasteiger partial charge on any atom is -0.467 e. The molecule has 92 valence electrons. The van der Waals surface area contributed by atoms with Crippen LogP contribution in [0.4, 0.5) is 0 Å². The van der Waals surface area contributed by atoms with Crippen LogP contribution in [0.1, 0.15) is 17.3 Å². The number of hydrogen-bond acceptors (Lipinski definition) is 4. The number of nitrogens with one attached hydrogen (secondary N) is 1. The molecule has 0 radical (unpaired) electrons. The fourth-order valence-electron chi connectivity index (χ4n) is 1.09. The summed E-state index contributed by atoms with van der Waals surface area (Å²) in [5.41, 5.74) is 0.191. The lowest BCUT2D eigenvalue weighted by Crippen LogP contribution is -2.39. The summed E-state index contributed by atoms with van der Waals surface area (Å²) >= 11 is 8.96. The fourth-order valence-corrected chi connectivity index (χ4v) is 1.61. The fraction of sp³-hybridized carbons (Fsp3) is 0.300. The van der Waals surface area contributed by atoms with Crippen LogP contribution >= 0.6 is 27.5 Å². The molecule has 0 spiro atoms. The highest BCUT2D eigenvalue weighted by Gasteiger charge is 2.19. The van der Waals surface area contributed by atoms with Crippen LogP contribution < -0.4 is 5.32 Å². The first-order valence-corrected chi connectivity index (χ1v) is 5.82. The molecule has 0 bridgehead atoms. The van der Waals surface area contributed by atoms with Gasteiger partial charge in [0.25, 0.3) is 5.91 Å². The van der Waals surface area contributed by atoms with Gasteiger partial charge in [-0.1, -0.05) is 11.6 Å². The van der Waals surface area contributed by atoms with Crippen molar-refractivity contribution in [1.82, 2.24) is 10.3 Å². The second-order valence-electron chi connectivity index (χ2n) is 3.21. The summed E-state index contributed by atoms with van der Waals surface area (Å²) in [6, 6.07) is 0.775. The van der Waals surface area contributed by atoms with Crippen LogP contribution in [0.2, 0.25) is 5.15 Å². The van der Waals surface area contributed by atoms with Gasteiger partial charge < -0.3 is 10.1 Å². The summed E-state index contributed by atoms with van der Waals surface area (Å²) < 4.78 is 5.11. The normalized spacial score (nSPS) is 11.8. The Hall–Kier alpha value is -1.14. The Bertz CT molecular complexity index is 453. The zero-order valence-corrected chi connectivity index (χ0v) is 11.5. The third-order valence-electron chi connectivity index (χ3n) is 1.95. The van der Waals surface area contributed by atoms with E-state index in [2.05, 4.69) is 31.0 Å². The molecule has 1 amide bonds. The molecule has 0 aliphatic rings. The summed E-state index contributed by atoms with van der Waals surface area (Å²) in [5.74, 6) is -1.01. The Labute approximate surface area is 112 Å². The summed E-state index contributed by atoms with van der Waals surface area (Å²) in [6.07, 6.45) is 1.48. The van der Waals surface area contributed by atoms with Crippen LogP contribution in [0.15, 0.2) is 16.7 Å². The van der Waals surface area contributed by atoms with Gasteiger partial charge in [-0.15, -0.1) is 0 Å². The number of halogens is 2. The number of methoxy groups -OCH3 is 1. The first kappa shape index (κ1) is 13.9. The predicted molar refractivity (Wildman–Crippen MR) is 65.9 cm³/mol. The number of hydrogen-bond donors (Lipinski definition) is 1. The lowest BCUT2D eigenvalue weighted by molar-refractivity contribution is -0.142. The van der Waals surface area contributed by atoms with E-state index < -0.39 is 17.9 Å². The highest BCUT2D eigenvalue weighted by molar-refractivity contribution is 9.10. The Balaban J connectivity index is 2.83. The highest BCUT2D eigenvalue weighted by atomic mass is 79.9. The molecule has 1 N–H and O–H groups in total. The van der Waals surface area contributed by atoms with E-state index in [1.54, 1.807) is 0 Å². The van der Waals surface area contributed by atoms with Crippen LogP contribution in [0, 0.1) is 0 Å². The number of aromatic nitrogens is 1. The molecule has 0 fully saturated rings. The summed E-state index contributed by atoms with van der Waals surface area (Å²) in [6.45, 7) is 1.52. The predicted octanol–water partition coefficient (Wildman–Crippen LogP) is 1.79. The van der Waals surface area contributed by atoms with Gasteiger partial charge >= 0.3 is 5.97 Å². The number of ether oxygens (including phenoxy) is 1. The van der Waals surface area contributed by atoms with Crippen molar-refractivity contribution in [2.75, 3.05) is 7.11 Å². The second-order valence-corrected chi connectivity index (χ2v) is 4.48. The molecule has 1 heterocycles. The molecule has 17 heavy (non-hydrogen) atoms. The standard InChI is InChI=1S/C10H10BrClN2O3/c1-5(10(16)17-2)14-9(15)7-3-6(11)4-13-8(7)12/h3-5H,1-2H3,(H,14,15). The minimum atomic E-state index is -0.748. The smallest absolute Gasteiger partial charge is 0.328 e. The van der Waals surface area contributed by atoms with E-state index in [-0.39, 0.29) is 10.7 Å². The number of esters is 1. The van der Waals surface area contributed by atoms with E-state index in [0.717, 1.165) is 0 Å². The van der Waals surface area contributed by atoms with Crippen molar-refractivity contribution in [3.05, 3.63) is 27.5 Å². The zero-order valence-electron chi connectivity index (χ0n) is 9.16. The maximum absolute atomic E-state index is 11.8. The lowest BCUT2D eigenvalue weighted by Gasteiger charge is -2.12. The van der Waals surface area contributed by atoms with Crippen molar-refractivity contribution >= 4 is 39.4 Å². The first-order valence-electron chi connectivity index (χ1n) is 4.65. The summed E-state index contributed by atoms with van der Waals surface area (Å²) in [5, 5.41) is 2.53. The number of rotatable bonds is 3. The average Bonchev–Trinajstić information content (AvgIpc) is 2.30. The second kappa shape index (κ2) is 5.97. The van der Waals surface area contributed by atoms with E-state index in [4.69, 9.17) is 11.6 Å². The molecule has 1 unspecified atom stereocenters. The van der Waals surface area contributed by atoms with Crippen molar-refractivity contribution in [2.45, 2.75) is 13.0 Å². The molecule has 0 saturated heterocycles. The Morgan fingerprint density at radius 1 is 1.59 bits per heavy atom. The van der Waals surface area contributed by atoms with E-state index in [1.807, 2.05) is 0 Å². The summed E-state index contributed by atoms with van der Waals surface area (Å²) in [4.78, 5) is 26.7. The summed E-state index contributed by atoms with van der Waals surface area (Å²) in [7, 11) is 1.25. The SMILES string of the molecule is COC(=O)C(C)NC(=O)c1cc(Br)cnc1Cl. The van der Waals surface area contributed by atoms with Crippen LogP contribution in [0.3, 0.4) is 0 Å². The molecule has 1 rings (SSSR count). The van der Waals surface area contributed by atoms with E-state index in [0.29, 0.717) is 4.47 Å². The molecule has 1 aromatic rings. The molecule has 1 aromatic heterocycles. The molecule has 0 aliphatic heterocycles. The Morgan fingerprint density at radius 3 is 2.82 bits per heavy atom. The number of nitrogens with zero attached hydrogens (tertiary/aromatic N) is 1. The van der Waals surface area contributed by atoms with Crippen molar-refractivity contribution in [2.24, 2.45) is 0 Å². The van der Waals surface area contributed by atoms with E-state index >= 15 is 0 Å². The molecular formula is C10H10BrClN2O3. The van der Waals surface area contributed by atoms with Gasteiger partial charge in [-0.3, -0.25) is 4.79 Å². The monoisotopic (exact) mass is 320 g/mol. The maximum Gasteiger partial charge on any atom is 0.328 e. The first-order chi connectivity index (χ1) is 7.95. The minimum absolute atomic E-state index is 0.0720. The number of amides is 1. The lowest BCUT2D eigenvalue weighted by atomic mass is 10.2. The largest absolute Gasteiger partial charge is 0.467 e. The van der Waals surface area contributed by atoms with Gasteiger partial charge in [0.15, 0.2) is 0 Å². The van der Waals surface area contributed by atoms with Gasteiger partial charge in [0.05, 0.1) is 12.7 Å². The average molecular weight is 322 g/mol. The topological polar surface area (TPSA) is 68.3 Å². The van der Waals surface area contributed by atoms with Gasteiger partial charge in [0.1, 0.15) is 11.2 Å². The van der Waals surface area contributed by atoms with Crippen molar-refractivity contribution in [3.63, 3.8) is 0 Å². The molecule has 0 aliphatic carbocycles. The highest BCUT2D eigenvalue weighted by Crippen LogP contribution is 2.17. The number of carbonyl (C=O) groups excluding carboxylic acids is 2. The van der Waals surface area contributed by atoms with Gasteiger partial charge in [0.2, 0.25) is 0 Å². The number of carbonyl (C=O) groups is 2. The van der Waals surface area contributed by atoms with Crippen LogP contribution in [0.25, 0.3) is 0 Å². The van der Waals surface area contributed by atoms with E-state index in [9.17, 15) is 9.59 Å². The Morgan fingerprint density at radius 2 is 2.24 bits per heavy atom. The quantitative estimate of drug-likeness (QED) is 0.681. The van der Waals surface area contributed by atoms with Gasteiger partial charge in [-0.05, 0) is 28.9 Å². The van der Waals surface area contributed by atoms with Crippen LogP contribution in [-0.4, -0.2) is 30.0 Å². The van der Waals surface area contributed by atoms with Gasteiger partial charge in [0, 0.05) is 10.7 Å². The van der Waals surface area contributed by atoms with Crippen molar-refractivity contribution in [1.29, 1.82) is 0 Å². The molecule has 7 heteroatoms. The molecule has 1 atom stereocenters. The molecule has 0 saturated carbocycles. The van der Waals surface area contributed by atoms with Gasteiger partial charge in [-0.2, -0.15) is 0 Å². The molecule has 0 aromatic carbocycles. The molecular weight excluding hydrogens is 311 g/mol. The third-order valence-corrected chi connectivity index (χ3v) is 2.69. The van der Waals surface area contributed by atoms with Crippen molar-refractivity contribution in [3.8, 4) is 0 Å². The zero-order chi connectivity index (χ0) is 13.0. The maximum atomic E-state index is 11.8. The third kappa shape index (κ3) is 3.67. The Kier molecular flexibility index (Phi) is 4.89. The number of pyridine rings is 1.